The first-order chi connectivity index (χ1) is 10.1. The summed E-state index contributed by atoms with van der Waals surface area (Å²) in [6.45, 7) is 6.67. The molecule has 3 heterocycles. The van der Waals surface area contributed by atoms with E-state index in [0.29, 0.717) is 5.92 Å². The van der Waals surface area contributed by atoms with Crippen LogP contribution in [0.3, 0.4) is 0 Å². The van der Waals surface area contributed by atoms with Crippen molar-refractivity contribution in [3.63, 3.8) is 0 Å². The zero-order chi connectivity index (χ0) is 14.8. The molecule has 0 N–H and O–H groups in total. The van der Waals surface area contributed by atoms with E-state index >= 15 is 0 Å². The largest absolute Gasteiger partial charge is 0.381 e. The number of anilines is 1. The summed E-state index contributed by atoms with van der Waals surface area (Å²) in [7, 11) is 2.05. The number of ether oxygens (including phenoxy) is 1. The number of aromatic nitrogens is 4. The predicted molar refractivity (Wildman–Crippen MR) is 80.8 cm³/mol. The van der Waals surface area contributed by atoms with Gasteiger partial charge < -0.3 is 9.64 Å². The van der Waals surface area contributed by atoms with Gasteiger partial charge in [0, 0.05) is 31.8 Å². The first-order valence-corrected chi connectivity index (χ1v) is 7.30. The highest BCUT2D eigenvalue weighted by Gasteiger charge is 2.18. The highest BCUT2D eigenvalue weighted by molar-refractivity contribution is 5.39. The van der Waals surface area contributed by atoms with Gasteiger partial charge in [-0.2, -0.15) is 5.10 Å². The summed E-state index contributed by atoms with van der Waals surface area (Å²) in [6, 6.07) is 5.99. The maximum Gasteiger partial charge on any atom is 0.176 e. The van der Waals surface area contributed by atoms with E-state index < -0.39 is 0 Å². The van der Waals surface area contributed by atoms with Crippen LogP contribution < -0.4 is 4.90 Å². The van der Waals surface area contributed by atoms with Gasteiger partial charge in [0.2, 0.25) is 0 Å². The molecule has 1 atom stereocenters. The Morgan fingerprint density at radius 3 is 2.76 bits per heavy atom. The topological polar surface area (TPSA) is 56.1 Å². The molecule has 1 aliphatic heterocycles. The van der Waals surface area contributed by atoms with Crippen LogP contribution in [0.25, 0.3) is 5.82 Å². The van der Waals surface area contributed by atoms with E-state index in [-0.39, 0.29) is 0 Å². The van der Waals surface area contributed by atoms with Crippen LogP contribution in [0.5, 0.6) is 0 Å². The molecule has 1 fully saturated rings. The molecule has 2 aromatic heterocycles. The Morgan fingerprint density at radius 2 is 2.19 bits per heavy atom. The second-order valence-corrected chi connectivity index (χ2v) is 5.70. The van der Waals surface area contributed by atoms with Crippen LogP contribution in [-0.2, 0) is 4.74 Å². The van der Waals surface area contributed by atoms with Gasteiger partial charge in [-0.25, -0.2) is 4.68 Å². The van der Waals surface area contributed by atoms with Crippen molar-refractivity contribution in [1.29, 1.82) is 0 Å². The van der Waals surface area contributed by atoms with Gasteiger partial charge in [0.25, 0.3) is 0 Å². The summed E-state index contributed by atoms with van der Waals surface area (Å²) in [4.78, 5) is 2.14. The van der Waals surface area contributed by atoms with Crippen LogP contribution in [0.15, 0.2) is 18.2 Å². The van der Waals surface area contributed by atoms with E-state index in [1.54, 1.807) is 0 Å². The average molecular weight is 287 g/mol. The summed E-state index contributed by atoms with van der Waals surface area (Å²) < 4.78 is 7.23. The van der Waals surface area contributed by atoms with Gasteiger partial charge in [-0.05, 0) is 38.5 Å². The summed E-state index contributed by atoms with van der Waals surface area (Å²) in [6.07, 6.45) is 1.13. The van der Waals surface area contributed by atoms with E-state index in [1.165, 1.54) is 0 Å². The molecule has 21 heavy (non-hydrogen) atoms. The fraction of sp³-hybridized carbons (Fsp3) is 0.533. The lowest BCUT2D eigenvalue weighted by Crippen LogP contribution is -2.26. The van der Waals surface area contributed by atoms with Gasteiger partial charge in [-0.1, -0.05) is 0 Å². The summed E-state index contributed by atoms with van der Waals surface area (Å²) in [5, 5.41) is 13.0. The van der Waals surface area contributed by atoms with Crippen LogP contribution in [0, 0.1) is 19.8 Å². The van der Waals surface area contributed by atoms with Gasteiger partial charge >= 0.3 is 0 Å². The van der Waals surface area contributed by atoms with Gasteiger partial charge in [0.15, 0.2) is 11.6 Å². The van der Waals surface area contributed by atoms with Crippen molar-refractivity contribution in [3.05, 3.63) is 29.6 Å². The van der Waals surface area contributed by atoms with Crippen LogP contribution in [0.4, 0.5) is 5.82 Å². The first-order valence-electron chi connectivity index (χ1n) is 7.30. The molecule has 6 nitrogen and oxygen atoms in total. The van der Waals surface area contributed by atoms with E-state index in [0.717, 1.165) is 49.2 Å². The van der Waals surface area contributed by atoms with Gasteiger partial charge in [-0.15, -0.1) is 10.2 Å². The summed E-state index contributed by atoms with van der Waals surface area (Å²) in [5.41, 5.74) is 2.04. The van der Waals surface area contributed by atoms with Crippen LogP contribution in [0.1, 0.15) is 17.8 Å². The minimum atomic E-state index is 0.590. The third kappa shape index (κ3) is 3.05. The number of hydrogen-bond acceptors (Lipinski definition) is 5. The van der Waals surface area contributed by atoms with Gasteiger partial charge in [0.1, 0.15) is 0 Å². The third-order valence-electron chi connectivity index (χ3n) is 3.81. The lowest BCUT2D eigenvalue weighted by Gasteiger charge is -2.20. The maximum absolute atomic E-state index is 5.41. The van der Waals surface area contributed by atoms with Crippen LogP contribution in [0.2, 0.25) is 0 Å². The molecule has 0 radical (unpaired) electrons. The second-order valence-electron chi connectivity index (χ2n) is 5.70. The molecule has 112 valence electrons. The van der Waals surface area contributed by atoms with Crippen molar-refractivity contribution >= 4 is 5.82 Å². The molecule has 2 aromatic rings. The molecule has 0 amide bonds. The molecule has 1 unspecified atom stereocenters. The van der Waals surface area contributed by atoms with Crippen molar-refractivity contribution in [2.24, 2.45) is 5.92 Å². The first kappa shape index (κ1) is 14.0. The van der Waals surface area contributed by atoms with Crippen LogP contribution in [-0.4, -0.2) is 46.8 Å². The maximum atomic E-state index is 5.41. The fourth-order valence-electron chi connectivity index (χ4n) is 2.70. The zero-order valence-electron chi connectivity index (χ0n) is 12.8. The van der Waals surface area contributed by atoms with E-state index in [9.17, 15) is 0 Å². The monoisotopic (exact) mass is 287 g/mol. The van der Waals surface area contributed by atoms with E-state index in [2.05, 4.69) is 20.2 Å². The SMILES string of the molecule is Cc1cc(C)n(-c2ccc(N(C)CC3CCOC3)nn2)n1. The number of hydrogen-bond donors (Lipinski definition) is 0. The highest BCUT2D eigenvalue weighted by atomic mass is 16.5. The Morgan fingerprint density at radius 1 is 1.33 bits per heavy atom. The molecule has 0 spiro atoms. The molecule has 3 rings (SSSR count). The smallest absolute Gasteiger partial charge is 0.176 e. The average Bonchev–Trinajstić information content (AvgIpc) is 3.08. The van der Waals surface area contributed by atoms with E-state index in [4.69, 9.17) is 4.74 Å². The standard InChI is InChI=1S/C15H21N5O/c1-11-8-12(2)20(18-11)15-5-4-14(16-17-15)19(3)9-13-6-7-21-10-13/h4-5,8,13H,6-7,9-10H2,1-3H3. The summed E-state index contributed by atoms with van der Waals surface area (Å²) in [5.74, 6) is 2.22. The van der Waals surface area contributed by atoms with E-state index in [1.807, 2.05) is 43.8 Å². The van der Waals surface area contributed by atoms with Crippen molar-refractivity contribution in [2.75, 3.05) is 31.7 Å². The molecular weight excluding hydrogens is 266 g/mol. The number of rotatable bonds is 4. The van der Waals surface area contributed by atoms with Crippen molar-refractivity contribution in [1.82, 2.24) is 20.0 Å². The minimum Gasteiger partial charge on any atom is -0.381 e. The van der Waals surface area contributed by atoms with Crippen LogP contribution >= 0.6 is 0 Å². The Labute approximate surface area is 124 Å². The lowest BCUT2D eigenvalue weighted by molar-refractivity contribution is 0.186. The number of nitrogens with zero attached hydrogens (tertiary/aromatic N) is 5. The third-order valence-corrected chi connectivity index (χ3v) is 3.81. The molecule has 1 aliphatic rings. The fourth-order valence-corrected chi connectivity index (χ4v) is 2.70. The summed E-state index contributed by atoms with van der Waals surface area (Å²) >= 11 is 0. The lowest BCUT2D eigenvalue weighted by atomic mass is 10.1. The van der Waals surface area contributed by atoms with Gasteiger partial charge in [0.05, 0.1) is 12.3 Å². The Balaban J connectivity index is 1.72. The van der Waals surface area contributed by atoms with Crippen molar-refractivity contribution in [3.8, 4) is 5.82 Å². The van der Waals surface area contributed by atoms with Crippen molar-refractivity contribution < 1.29 is 4.74 Å². The normalized spacial score (nSPS) is 18.1. The van der Waals surface area contributed by atoms with Crippen molar-refractivity contribution in [2.45, 2.75) is 20.3 Å². The predicted octanol–water partition coefficient (Wildman–Crippen LogP) is 1.75. The molecule has 0 aliphatic carbocycles. The second kappa shape index (κ2) is 5.81. The molecular formula is C15H21N5O. The molecule has 1 saturated heterocycles. The van der Waals surface area contributed by atoms with Gasteiger partial charge in [-0.3, -0.25) is 0 Å². The Kier molecular flexibility index (Phi) is 3.88. The zero-order valence-corrected chi connectivity index (χ0v) is 12.8. The molecule has 0 saturated carbocycles. The number of aryl methyl sites for hydroxylation is 2. The Bertz CT molecular complexity index is 601. The molecule has 6 heteroatoms. The minimum absolute atomic E-state index is 0.590. The highest BCUT2D eigenvalue weighted by Crippen LogP contribution is 2.17. The Hall–Kier alpha value is -1.95. The molecule has 0 bridgehead atoms. The molecule has 0 aromatic carbocycles. The quantitative estimate of drug-likeness (QED) is 0.857.